The summed E-state index contributed by atoms with van der Waals surface area (Å²) in [5.74, 6) is 0.246. The number of carbonyl (C=O) groups excluding carboxylic acids is 1. The van der Waals surface area contributed by atoms with Crippen LogP contribution in [0.4, 0.5) is 4.39 Å². The third-order valence-electron chi connectivity index (χ3n) is 5.29. The van der Waals surface area contributed by atoms with Crippen LogP contribution in [0.2, 0.25) is 0 Å². The van der Waals surface area contributed by atoms with Gasteiger partial charge < -0.3 is 9.47 Å². The summed E-state index contributed by atoms with van der Waals surface area (Å²) in [5, 5.41) is 0.852. The van der Waals surface area contributed by atoms with Gasteiger partial charge in [0.15, 0.2) is 5.16 Å². The lowest BCUT2D eigenvalue weighted by atomic mass is 10.2. The first-order chi connectivity index (χ1) is 16.4. The third-order valence-corrected chi connectivity index (χ3v) is 7.48. The lowest BCUT2D eigenvalue weighted by Gasteiger charge is -2.13. The maximum absolute atomic E-state index is 14.2. The zero-order valence-electron chi connectivity index (χ0n) is 19.0. The molecule has 0 amide bonds. The molecule has 0 aliphatic heterocycles. The Hall–Kier alpha value is -3.17. The number of esters is 1. The minimum Gasteiger partial charge on any atom is -0.497 e. The molecule has 0 radical (unpaired) electrons. The number of ether oxygens (including phenoxy) is 2. The molecule has 4 aromatic rings. The van der Waals surface area contributed by atoms with Crippen molar-refractivity contribution in [3.05, 3.63) is 86.3 Å². The van der Waals surface area contributed by atoms with Crippen molar-refractivity contribution < 1.29 is 18.7 Å². The molecule has 0 N–H and O–H groups in total. The Balaban J connectivity index is 1.80. The minimum absolute atomic E-state index is 0.241. The number of thioether (sulfide) groups is 1. The number of aryl methyl sites for hydroxylation is 1. The van der Waals surface area contributed by atoms with E-state index in [2.05, 4.69) is 0 Å². The normalized spacial score (nSPS) is 11.1. The summed E-state index contributed by atoms with van der Waals surface area (Å²) in [5.41, 5.74) is 1.72. The summed E-state index contributed by atoms with van der Waals surface area (Å²) in [6, 6.07) is 13.9. The van der Waals surface area contributed by atoms with E-state index in [1.165, 1.54) is 17.8 Å². The van der Waals surface area contributed by atoms with E-state index in [1.54, 1.807) is 43.7 Å². The summed E-state index contributed by atoms with van der Waals surface area (Å²) < 4.78 is 26.1. The summed E-state index contributed by atoms with van der Waals surface area (Å²) in [4.78, 5) is 31.6. The van der Waals surface area contributed by atoms with Gasteiger partial charge >= 0.3 is 5.97 Å². The molecule has 9 heteroatoms. The molecule has 0 aliphatic rings. The summed E-state index contributed by atoms with van der Waals surface area (Å²) >= 11 is 2.42. The molecule has 6 nitrogen and oxygen atoms in total. The Kier molecular flexibility index (Phi) is 7.33. The van der Waals surface area contributed by atoms with Crippen LogP contribution in [-0.2, 0) is 17.0 Å². The van der Waals surface area contributed by atoms with Crippen LogP contribution in [-0.4, -0.2) is 29.2 Å². The van der Waals surface area contributed by atoms with E-state index in [9.17, 15) is 14.0 Å². The second kappa shape index (κ2) is 10.4. The number of hydrogen-bond acceptors (Lipinski definition) is 7. The van der Waals surface area contributed by atoms with Crippen molar-refractivity contribution in [3.8, 4) is 5.75 Å². The molecule has 0 atom stereocenters. The largest absolute Gasteiger partial charge is 0.497 e. The quantitative estimate of drug-likeness (QED) is 0.183. The topological polar surface area (TPSA) is 70.4 Å². The molecule has 0 fully saturated rings. The van der Waals surface area contributed by atoms with Gasteiger partial charge in [0, 0.05) is 5.75 Å². The number of methoxy groups -OCH3 is 1. The zero-order chi connectivity index (χ0) is 24.2. The Bertz CT molecular complexity index is 1400. The zero-order valence-corrected chi connectivity index (χ0v) is 20.6. The number of halogens is 1. The van der Waals surface area contributed by atoms with Crippen molar-refractivity contribution in [1.29, 1.82) is 0 Å². The molecule has 0 aliphatic carbocycles. The molecule has 176 valence electrons. The van der Waals surface area contributed by atoms with Crippen molar-refractivity contribution in [2.75, 3.05) is 13.7 Å². The fourth-order valence-corrected chi connectivity index (χ4v) is 5.61. The van der Waals surface area contributed by atoms with Crippen LogP contribution < -0.4 is 10.3 Å². The molecule has 0 spiro atoms. The van der Waals surface area contributed by atoms with E-state index in [4.69, 9.17) is 14.5 Å². The number of benzene rings is 2. The van der Waals surface area contributed by atoms with Crippen molar-refractivity contribution in [3.63, 3.8) is 0 Å². The molecule has 4 rings (SSSR count). The van der Waals surface area contributed by atoms with Crippen molar-refractivity contribution in [2.45, 2.75) is 31.3 Å². The number of nitrogens with zero attached hydrogens (tertiary/aromatic N) is 2. The number of fused-ring (bicyclic) bond motifs is 1. The number of thiophene rings is 1. The highest BCUT2D eigenvalue weighted by atomic mass is 32.2. The SMILES string of the molecule is CCOC(=O)c1sc2nc(SCc3ccccc3F)n(Cc3ccc(OC)cc3)c(=O)c2c1C. The molecule has 0 saturated carbocycles. The number of rotatable bonds is 8. The van der Waals surface area contributed by atoms with Gasteiger partial charge in [0.2, 0.25) is 0 Å². The standard InChI is InChI=1S/C25H23FN2O4S2/c1-4-32-24(30)21-15(2)20-22(34-21)27-25(33-14-17-7-5-6-8-19(17)26)28(23(20)29)13-16-9-11-18(31-3)12-10-16/h5-12H,4,13-14H2,1-3H3. The molecular weight excluding hydrogens is 475 g/mol. The summed E-state index contributed by atoms with van der Waals surface area (Å²) in [6.07, 6.45) is 0. The van der Waals surface area contributed by atoms with E-state index in [-0.39, 0.29) is 24.5 Å². The minimum atomic E-state index is -0.468. The van der Waals surface area contributed by atoms with Gasteiger partial charge in [-0.25, -0.2) is 14.2 Å². The summed E-state index contributed by atoms with van der Waals surface area (Å²) in [6.45, 7) is 3.98. The highest BCUT2D eigenvalue weighted by Gasteiger charge is 2.23. The highest BCUT2D eigenvalue weighted by Crippen LogP contribution is 2.31. The predicted octanol–water partition coefficient (Wildman–Crippen LogP) is 5.43. The average Bonchev–Trinajstić information content (AvgIpc) is 3.17. The fourth-order valence-electron chi connectivity index (χ4n) is 3.51. The second-order valence-electron chi connectivity index (χ2n) is 7.47. The number of hydrogen-bond donors (Lipinski definition) is 0. The van der Waals surface area contributed by atoms with E-state index in [1.807, 2.05) is 24.3 Å². The van der Waals surface area contributed by atoms with Crippen LogP contribution in [0.15, 0.2) is 58.5 Å². The molecule has 0 unspecified atom stereocenters. The highest BCUT2D eigenvalue weighted by molar-refractivity contribution is 7.98. The van der Waals surface area contributed by atoms with E-state index < -0.39 is 5.97 Å². The van der Waals surface area contributed by atoms with Gasteiger partial charge in [0.25, 0.3) is 5.56 Å². The third kappa shape index (κ3) is 4.85. The number of carbonyl (C=O) groups is 1. The maximum Gasteiger partial charge on any atom is 0.348 e. The van der Waals surface area contributed by atoms with Gasteiger partial charge in [0.05, 0.1) is 25.6 Å². The predicted molar refractivity (Wildman–Crippen MR) is 133 cm³/mol. The van der Waals surface area contributed by atoms with E-state index in [0.717, 1.165) is 16.9 Å². The average molecular weight is 499 g/mol. The van der Waals surface area contributed by atoms with Crippen molar-refractivity contribution >= 4 is 39.3 Å². The Labute approximate surface area is 204 Å². The Morgan fingerprint density at radius 3 is 2.59 bits per heavy atom. The van der Waals surface area contributed by atoms with E-state index in [0.29, 0.717) is 42.9 Å². The first-order valence-corrected chi connectivity index (χ1v) is 12.4. The molecular formula is C25H23FN2O4S2. The smallest absolute Gasteiger partial charge is 0.348 e. The van der Waals surface area contributed by atoms with Crippen LogP contribution in [0.5, 0.6) is 5.75 Å². The fraction of sp³-hybridized carbons (Fsp3) is 0.240. The molecule has 0 bridgehead atoms. The van der Waals surface area contributed by atoms with Crippen LogP contribution in [0.25, 0.3) is 10.2 Å². The van der Waals surface area contributed by atoms with Crippen LogP contribution in [0.1, 0.15) is 33.3 Å². The first-order valence-electron chi connectivity index (χ1n) is 10.6. The Morgan fingerprint density at radius 2 is 1.91 bits per heavy atom. The van der Waals surface area contributed by atoms with Gasteiger partial charge in [-0.2, -0.15) is 0 Å². The van der Waals surface area contributed by atoms with Crippen LogP contribution in [0.3, 0.4) is 0 Å². The second-order valence-corrected chi connectivity index (χ2v) is 9.41. The Morgan fingerprint density at radius 1 is 1.18 bits per heavy atom. The van der Waals surface area contributed by atoms with Gasteiger partial charge in [-0.05, 0) is 48.7 Å². The summed E-state index contributed by atoms with van der Waals surface area (Å²) in [7, 11) is 1.59. The van der Waals surface area contributed by atoms with Crippen molar-refractivity contribution in [2.24, 2.45) is 0 Å². The maximum atomic E-state index is 14.2. The van der Waals surface area contributed by atoms with Gasteiger partial charge in [-0.1, -0.05) is 42.1 Å². The van der Waals surface area contributed by atoms with E-state index >= 15 is 0 Å². The molecule has 2 heterocycles. The van der Waals surface area contributed by atoms with Crippen molar-refractivity contribution in [1.82, 2.24) is 9.55 Å². The first kappa shape index (κ1) is 24.0. The van der Waals surface area contributed by atoms with Gasteiger partial charge in [-0.15, -0.1) is 11.3 Å². The molecule has 34 heavy (non-hydrogen) atoms. The molecule has 2 aromatic heterocycles. The monoisotopic (exact) mass is 498 g/mol. The van der Waals surface area contributed by atoms with Crippen LogP contribution in [0, 0.1) is 12.7 Å². The lowest BCUT2D eigenvalue weighted by Crippen LogP contribution is -2.24. The number of aromatic nitrogens is 2. The molecule has 0 saturated heterocycles. The van der Waals surface area contributed by atoms with Crippen LogP contribution >= 0.6 is 23.1 Å². The van der Waals surface area contributed by atoms with Gasteiger partial charge in [-0.3, -0.25) is 9.36 Å². The molecule has 2 aromatic carbocycles. The van der Waals surface area contributed by atoms with Gasteiger partial charge in [0.1, 0.15) is 21.3 Å². The lowest BCUT2D eigenvalue weighted by molar-refractivity contribution is 0.0531.